The van der Waals surface area contributed by atoms with Crippen LogP contribution in [0.15, 0.2) is 17.5 Å². The van der Waals surface area contributed by atoms with E-state index in [2.05, 4.69) is 9.98 Å². The summed E-state index contributed by atoms with van der Waals surface area (Å²) in [6.45, 7) is 0. The smallest absolute Gasteiger partial charge is 0.382 e. The molecule has 1 aliphatic carbocycles. The molecule has 0 saturated heterocycles. The second-order valence-corrected chi connectivity index (χ2v) is 7.38. The monoisotopic (exact) mass is 307 g/mol. The Morgan fingerprint density at radius 2 is 2.10 bits per heavy atom. The van der Waals surface area contributed by atoms with Crippen LogP contribution < -0.4 is 0 Å². The zero-order chi connectivity index (χ0) is 14.3. The molecule has 1 saturated carbocycles. The minimum absolute atomic E-state index is 0.189. The molecule has 2 heterocycles. The quantitative estimate of drug-likeness (QED) is 0.843. The van der Waals surface area contributed by atoms with E-state index in [0.29, 0.717) is 12.3 Å². The molecule has 1 fully saturated rings. The third-order valence-corrected chi connectivity index (χ3v) is 6.16. The zero-order valence-electron chi connectivity index (χ0n) is 10.7. The Morgan fingerprint density at radius 1 is 1.40 bits per heavy atom. The minimum atomic E-state index is -4.50. The first kappa shape index (κ1) is 13.9. The lowest BCUT2D eigenvalue weighted by molar-refractivity contribution is -0.0555. The second kappa shape index (κ2) is 5.07. The molecule has 0 aromatic carbocycles. The van der Waals surface area contributed by atoms with E-state index in [1.807, 2.05) is 0 Å². The van der Waals surface area contributed by atoms with Crippen molar-refractivity contribution in [1.82, 2.24) is 8.96 Å². The molecule has 2 unspecified atom stereocenters. The summed E-state index contributed by atoms with van der Waals surface area (Å²) in [4.78, 5) is 7.44. The van der Waals surface area contributed by atoms with E-state index in [0.717, 1.165) is 25.7 Å². The number of hydrogen-bond acceptors (Lipinski definition) is 3. The average Bonchev–Trinajstić information content (AvgIpc) is 3.01. The number of alkyl halides is 3. The van der Waals surface area contributed by atoms with Gasteiger partial charge in [-0.15, -0.1) is 0 Å². The predicted molar refractivity (Wildman–Crippen MR) is 72.3 cm³/mol. The van der Waals surface area contributed by atoms with Gasteiger partial charge in [-0.05, 0) is 12.3 Å². The number of fused-ring (bicyclic) bond motifs is 1. The van der Waals surface area contributed by atoms with Crippen molar-refractivity contribution in [3.05, 3.63) is 12.5 Å². The zero-order valence-corrected chi connectivity index (χ0v) is 11.6. The molecular formula is C12H16F3N3OS. The van der Waals surface area contributed by atoms with Gasteiger partial charge in [-0.25, -0.2) is 9.98 Å². The van der Waals surface area contributed by atoms with Gasteiger partial charge < -0.3 is 5.11 Å². The number of aliphatic hydroxyl groups is 1. The first-order chi connectivity index (χ1) is 9.47. The van der Waals surface area contributed by atoms with Crippen LogP contribution in [-0.2, 0) is 0 Å². The standard InChI is InChI=1S/C12H16F3N3OS/c13-12(14,15)11-17-9-6-16-7-18(9)20(11)10(19)5-8-3-1-2-4-8/h6-8,10,19-20H,1-5H2. The van der Waals surface area contributed by atoms with Crippen LogP contribution in [0.2, 0.25) is 0 Å². The van der Waals surface area contributed by atoms with Crippen LogP contribution in [0.25, 0.3) is 0 Å². The van der Waals surface area contributed by atoms with Crippen molar-refractivity contribution in [2.24, 2.45) is 10.9 Å². The van der Waals surface area contributed by atoms with Gasteiger partial charge >= 0.3 is 6.18 Å². The number of nitrogens with zero attached hydrogens (tertiary/aromatic N) is 3. The number of aliphatic imine (C=N–C) groups is 1. The Labute approximate surface area is 117 Å². The lowest BCUT2D eigenvalue weighted by Gasteiger charge is -2.28. The number of aromatic nitrogens is 2. The highest BCUT2D eigenvalue weighted by Crippen LogP contribution is 2.51. The van der Waals surface area contributed by atoms with Gasteiger partial charge in [0, 0.05) is 0 Å². The Hall–Kier alpha value is -1.02. The molecule has 112 valence electrons. The summed E-state index contributed by atoms with van der Waals surface area (Å²) < 4.78 is 40.6. The first-order valence-corrected chi connectivity index (χ1v) is 7.99. The first-order valence-electron chi connectivity index (χ1n) is 6.62. The molecule has 1 aliphatic heterocycles. The van der Waals surface area contributed by atoms with Crippen LogP contribution in [0.5, 0.6) is 0 Å². The summed E-state index contributed by atoms with van der Waals surface area (Å²) in [5.41, 5.74) is -1.01. The van der Waals surface area contributed by atoms with Crippen molar-refractivity contribution >= 4 is 21.9 Å². The van der Waals surface area contributed by atoms with Gasteiger partial charge in [-0.1, -0.05) is 36.8 Å². The van der Waals surface area contributed by atoms with Gasteiger partial charge in [-0.3, -0.25) is 3.97 Å². The highest BCUT2D eigenvalue weighted by atomic mass is 32.2. The third-order valence-electron chi connectivity index (χ3n) is 3.83. The predicted octanol–water partition coefficient (Wildman–Crippen LogP) is 3.15. The molecule has 0 radical (unpaired) electrons. The molecule has 0 bridgehead atoms. The number of aliphatic hydroxyl groups excluding tert-OH is 1. The molecule has 8 heteroatoms. The van der Waals surface area contributed by atoms with Crippen molar-refractivity contribution in [2.75, 3.05) is 0 Å². The van der Waals surface area contributed by atoms with E-state index in [1.165, 1.54) is 16.5 Å². The molecular weight excluding hydrogens is 291 g/mol. The molecule has 0 spiro atoms. The molecule has 20 heavy (non-hydrogen) atoms. The number of thiol groups is 1. The Balaban J connectivity index is 1.83. The summed E-state index contributed by atoms with van der Waals surface area (Å²) >= 11 is -1.92. The molecule has 2 atom stereocenters. The SMILES string of the molecule is OC(CC1CCCC1)[SH]1C(C(F)(F)F)=Nc2cncn21. The summed E-state index contributed by atoms with van der Waals surface area (Å²) in [7, 11) is 0. The lowest BCUT2D eigenvalue weighted by atomic mass is 10.1. The molecule has 0 amide bonds. The molecule has 1 aromatic rings. The average molecular weight is 307 g/mol. The van der Waals surface area contributed by atoms with Crippen LogP contribution in [0.4, 0.5) is 19.0 Å². The van der Waals surface area contributed by atoms with Gasteiger partial charge in [0.05, 0.1) is 6.20 Å². The van der Waals surface area contributed by atoms with E-state index >= 15 is 0 Å². The van der Waals surface area contributed by atoms with Crippen LogP contribution in [0.3, 0.4) is 0 Å². The molecule has 4 nitrogen and oxygen atoms in total. The van der Waals surface area contributed by atoms with Gasteiger partial charge in [0.2, 0.25) is 0 Å². The van der Waals surface area contributed by atoms with Crippen molar-refractivity contribution in [3.8, 4) is 0 Å². The minimum Gasteiger partial charge on any atom is -0.382 e. The fourth-order valence-electron chi connectivity index (χ4n) is 2.91. The number of halogens is 3. The van der Waals surface area contributed by atoms with Crippen molar-refractivity contribution in [3.63, 3.8) is 0 Å². The maximum absolute atomic E-state index is 13.1. The number of hydrogen-bond donors (Lipinski definition) is 2. The van der Waals surface area contributed by atoms with Crippen molar-refractivity contribution in [2.45, 2.75) is 43.7 Å². The van der Waals surface area contributed by atoms with Crippen LogP contribution >= 0.6 is 11.1 Å². The van der Waals surface area contributed by atoms with Crippen molar-refractivity contribution in [1.29, 1.82) is 0 Å². The molecule has 2 aliphatic rings. The topological polar surface area (TPSA) is 50.4 Å². The van der Waals surface area contributed by atoms with E-state index in [1.54, 1.807) is 0 Å². The Kier molecular flexibility index (Phi) is 3.53. The van der Waals surface area contributed by atoms with Gasteiger partial charge in [-0.2, -0.15) is 13.2 Å². The summed E-state index contributed by atoms with van der Waals surface area (Å²) in [5, 5.41) is 9.46. The Morgan fingerprint density at radius 3 is 2.75 bits per heavy atom. The second-order valence-electron chi connectivity index (χ2n) is 5.24. The normalized spacial score (nSPS) is 26.6. The maximum Gasteiger partial charge on any atom is 0.439 e. The van der Waals surface area contributed by atoms with Crippen LogP contribution in [0.1, 0.15) is 32.1 Å². The highest BCUT2D eigenvalue weighted by molar-refractivity contribution is 8.29. The summed E-state index contributed by atoms with van der Waals surface area (Å²) in [5.74, 6) is 0.517. The molecule has 1 N–H and O–H groups in total. The van der Waals surface area contributed by atoms with Gasteiger partial charge in [0.25, 0.3) is 0 Å². The summed E-state index contributed by atoms with van der Waals surface area (Å²) in [6.07, 6.45) is 2.75. The molecule has 1 aromatic heterocycles. The fourth-order valence-corrected chi connectivity index (χ4v) is 5.14. The van der Waals surface area contributed by atoms with Crippen molar-refractivity contribution < 1.29 is 18.3 Å². The lowest BCUT2D eigenvalue weighted by Crippen LogP contribution is -2.28. The Bertz CT molecular complexity index is 522. The number of rotatable bonds is 3. The molecule has 3 rings (SSSR count). The fraction of sp³-hybridized carbons (Fsp3) is 0.667. The van der Waals surface area contributed by atoms with E-state index in [-0.39, 0.29) is 5.82 Å². The maximum atomic E-state index is 13.1. The van der Waals surface area contributed by atoms with E-state index in [4.69, 9.17) is 0 Å². The van der Waals surface area contributed by atoms with E-state index < -0.39 is 27.7 Å². The highest BCUT2D eigenvalue weighted by Gasteiger charge is 2.46. The largest absolute Gasteiger partial charge is 0.439 e. The van der Waals surface area contributed by atoms with Gasteiger partial charge in [0.1, 0.15) is 11.8 Å². The van der Waals surface area contributed by atoms with Crippen LogP contribution in [0, 0.1) is 5.92 Å². The number of imidazole rings is 1. The third kappa shape index (κ3) is 2.46. The van der Waals surface area contributed by atoms with Gasteiger partial charge in [0.15, 0.2) is 10.9 Å². The van der Waals surface area contributed by atoms with Crippen LogP contribution in [-0.4, -0.2) is 30.7 Å². The van der Waals surface area contributed by atoms with E-state index in [9.17, 15) is 18.3 Å². The summed E-state index contributed by atoms with van der Waals surface area (Å²) in [6, 6.07) is 0.